The zero-order chi connectivity index (χ0) is 21.7. The molecule has 0 saturated carbocycles. The Morgan fingerprint density at radius 3 is 2.45 bits per heavy atom. The molecule has 0 aliphatic rings. The number of hydrogen-bond donors (Lipinski definition) is 3. The highest BCUT2D eigenvalue weighted by atomic mass is 127. The van der Waals surface area contributed by atoms with Gasteiger partial charge in [-0.15, -0.1) is 24.0 Å². The Labute approximate surface area is 198 Å². The summed E-state index contributed by atoms with van der Waals surface area (Å²) < 4.78 is 14.6. The van der Waals surface area contributed by atoms with E-state index >= 15 is 0 Å². The Kier molecular flexibility index (Phi) is 8.38. The number of nitrogens with two attached hydrogens (primary N) is 2. The van der Waals surface area contributed by atoms with Gasteiger partial charge in [0.2, 0.25) is 0 Å². The minimum absolute atomic E-state index is 0. The van der Waals surface area contributed by atoms with Crippen molar-refractivity contribution in [2.45, 2.75) is 26.7 Å². The van der Waals surface area contributed by atoms with Crippen molar-refractivity contribution in [2.24, 2.45) is 10.7 Å². The number of nitriles is 1. The predicted molar refractivity (Wildman–Crippen MR) is 132 cm³/mol. The molecular weight excluding hydrogens is 508 g/mol. The van der Waals surface area contributed by atoms with Crippen molar-refractivity contribution >= 4 is 41.4 Å². The van der Waals surface area contributed by atoms with Gasteiger partial charge in [-0.1, -0.05) is 6.07 Å². The summed E-state index contributed by atoms with van der Waals surface area (Å²) in [5, 5.41) is 17.0. The number of benzene rings is 2. The average molecular weight is 533 g/mol. The Balaban J connectivity index is 0.00000341. The zero-order valence-corrected chi connectivity index (χ0v) is 19.7. The second-order valence-electron chi connectivity index (χ2n) is 7.08. The van der Waals surface area contributed by atoms with Gasteiger partial charge in [-0.25, -0.2) is 9.07 Å². The van der Waals surface area contributed by atoms with Crippen LogP contribution in [0.2, 0.25) is 0 Å². The van der Waals surface area contributed by atoms with E-state index in [2.05, 4.69) is 27.5 Å². The highest BCUT2D eigenvalue weighted by molar-refractivity contribution is 14.0. The van der Waals surface area contributed by atoms with Crippen molar-refractivity contribution in [3.8, 4) is 11.8 Å². The minimum atomic E-state index is -0.352. The topological polar surface area (TPSA) is 118 Å². The molecule has 0 amide bonds. The number of nitrogen functional groups attached to an aromatic ring is 1. The molecule has 162 valence electrons. The van der Waals surface area contributed by atoms with Gasteiger partial charge in [0, 0.05) is 12.2 Å². The molecule has 3 rings (SSSR count). The summed E-state index contributed by atoms with van der Waals surface area (Å²) in [6.07, 6.45) is 1.16. The van der Waals surface area contributed by atoms with Gasteiger partial charge >= 0.3 is 0 Å². The number of rotatable bonds is 6. The van der Waals surface area contributed by atoms with Crippen LogP contribution in [0.3, 0.4) is 0 Å². The van der Waals surface area contributed by atoms with Gasteiger partial charge in [0.05, 0.1) is 11.4 Å². The van der Waals surface area contributed by atoms with E-state index in [1.165, 1.54) is 16.8 Å². The van der Waals surface area contributed by atoms with E-state index in [-0.39, 0.29) is 35.6 Å². The predicted octanol–water partition coefficient (Wildman–Crippen LogP) is 4.06. The van der Waals surface area contributed by atoms with Crippen LogP contribution < -0.4 is 16.8 Å². The van der Waals surface area contributed by atoms with E-state index in [0.29, 0.717) is 42.3 Å². The lowest BCUT2D eigenvalue weighted by Gasteiger charge is -2.08. The van der Waals surface area contributed by atoms with Crippen LogP contribution in [-0.2, 0) is 6.42 Å². The monoisotopic (exact) mass is 533 g/mol. The minimum Gasteiger partial charge on any atom is -0.382 e. The van der Waals surface area contributed by atoms with E-state index in [4.69, 9.17) is 11.5 Å². The van der Waals surface area contributed by atoms with Crippen molar-refractivity contribution in [3.63, 3.8) is 0 Å². The van der Waals surface area contributed by atoms with Crippen LogP contribution in [0, 0.1) is 31.0 Å². The van der Waals surface area contributed by atoms with E-state index in [0.717, 1.165) is 16.8 Å². The van der Waals surface area contributed by atoms with Gasteiger partial charge in [-0.2, -0.15) is 10.4 Å². The van der Waals surface area contributed by atoms with Crippen molar-refractivity contribution in [2.75, 3.05) is 17.6 Å². The third-order valence-corrected chi connectivity index (χ3v) is 4.52. The van der Waals surface area contributed by atoms with Gasteiger partial charge in [0.15, 0.2) is 5.96 Å². The Hall–Kier alpha value is -3.13. The quantitative estimate of drug-likeness (QED) is 0.191. The summed E-state index contributed by atoms with van der Waals surface area (Å²) >= 11 is 0. The maximum Gasteiger partial charge on any atom is 0.193 e. The molecule has 9 heteroatoms. The first kappa shape index (κ1) is 24.1. The first-order valence-electron chi connectivity index (χ1n) is 9.56. The zero-order valence-electron chi connectivity index (χ0n) is 17.4. The molecule has 0 radical (unpaired) electrons. The number of aromatic nitrogens is 2. The fourth-order valence-electron chi connectivity index (χ4n) is 3.23. The van der Waals surface area contributed by atoms with Gasteiger partial charge in [-0.05, 0) is 74.2 Å². The third-order valence-electron chi connectivity index (χ3n) is 4.52. The summed E-state index contributed by atoms with van der Waals surface area (Å²) in [7, 11) is 0. The van der Waals surface area contributed by atoms with Crippen molar-refractivity contribution in [1.82, 2.24) is 9.78 Å². The lowest BCUT2D eigenvalue weighted by atomic mass is 10.1. The molecule has 3 aromatic rings. The number of guanidine groups is 1. The molecule has 1 heterocycles. The third kappa shape index (κ3) is 6.18. The smallest absolute Gasteiger partial charge is 0.193 e. The van der Waals surface area contributed by atoms with Crippen molar-refractivity contribution < 1.29 is 4.39 Å². The first-order chi connectivity index (χ1) is 14.4. The second kappa shape index (κ2) is 10.8. The summed E-state index contributed by atoms with van der Waals surface area (Å²) in [5.74, 6) is 0.213. The molecule has 0 spiro atoms. The normalized spacial score (nSPS) is 11.0. The van der Waals surface area contributed by atoms with E-state index < -0.39 is 0 Å². The summed E-state index contributed by atoms with van der Waals surface area (Å²) in [4.78, 5) is 4.34. The number of halogens is 2. The van der Waals surface area contributed by atoms with Crippen LogP contribution in [0.4, 0.5) is 15.9 Å². The van der Waals surface area contributed by atoms with Gasteiger partial charge in [-0.3, -0.25) is 4.99 Å². The molecule has 0 bridgehead atoms. The molecule has 0 unspecified atom stereocenters. The molecule has 0 saturated heterocycles. The van der Waals surface area contributed by atoms with Crippen LogP contribution in [0.15, 0.2) is 47.5 Å². The number of aliphatic imine (C=N–C) groups is 1. The number of nitrogens with one attached hydrogen (secondary N) is 1. The fourth-order valence-corrected chi connectivity index (χ4v) is 3.23. The molecule has 0 aliphatic heterocycles. The molecule has 0 aliphatic carbocycles. The van der Waals surface area contributed by atoms with E-state index in [1.54, 1.807) is 12.1 Å². The number of aryl methyl sites for hydroxylation is 3. The van der Waals surface area contributed by atoms with Crippen LogP contribution in [0.1, 0.15) is 28.8 Å². The van der Waals surface area contributed by atoms with Gasteiger partial charge < -0.3 is 16.8 Å². The highest BCUT2D eigenvalue weighted by Gasteiger charge is 2.16. The van der Waals surface area contributed by atoms with E-state index in [1.807, 2.05) is 26.0 Å². The average Bonchev–Trinajstić information content (AvgIpc) is 3.00. The number of nitrogens with zero attached hydrogens (tertiary/aromatic N) is 4. The molecule has 0 fully saturated rings. The molecule has 1 aromatic heterocycles. The lowest BCUT2D eigenvalue weighted by Crippen LogP contribution is -2.23. The molecule has 0 atom stereocenters. The Morgan fingerprint density at radius 2 is 1.84 bits per heavy atom. The van der Waals surface area contributed by atoms with Gasteiger partial charge in [0.25, 0.3) is 0 Å². The van der Waals surface area contributed by atoms with Crippen LogP contribution >= 0.6 is 24.0 Å². The van der Waals surface area contributed by atoms with Crippen LogP contribution in [0.5, 0.6) is 0 Å². The summed E-state index contributed by atoms with van der Waals surface area (Å²) in [6.45, 7) is 4.52. The maximum absolute atomic E-state index is 13.2. The largest absolute Gasteiger partial charge is 0.382 e. The standard InChI is InChI=1S/C22H24FN7.HI/c1-14-10-15(2)12-17(11-14)28-22(26)27-9-3-4-20-19(13-24)21(25)30(29-20)18-7-5-16(23)6-8-18;/h5-8,10-12H,3-4,9,25H2,1-2H3,(H3,26,27,28);1H. The Morgan fingerprint density at radius 1 is 1.19 bits per heavy atom. The second-order valence-corrected chi connectivity index (χ2v) is 7.08. The Bertz CT molecular complexity index is 1090. The fraction of sp³-hybridized carbons (Fsp3) is 0.227. The molecule has 31 heavy (non-hydrogen) atoms. The highest BCUT2D eigenvalue weighted by Crippen LogP contribution is 2.22. The van der Waals surface area contributed by atoms with Gasteiger partial charge in [0.1, 0.15) is 23.3 Å². The first-order valence-corrected chi connectivity index (χ1v) is 9.56. The summed E-state index contributed by atoms with van der Waals surface area (Å²) in [5.41, 5.74) is 16.7. The molecule has 2 aromatic carbocycles. The number of hydrogen-bond acceptors (Lipinski definition) is 4. The van der Waals surface area contributed by atoms with E-state index in [9.17, 15) is 9.65 Å². The SMILES string of the molecule is Cc1cc(C)cc(NC(N)=NCCCc2nn(-c3ccc(F)cc3)c(N)c2C#N)c1.I. The summed E-state index contributed by atoms with van der Waals surface area (Å²) in [6, 6.07) is 14.0. The van der Waals surface area contributed by atoms with Crippen molar-refractivity contribution in [3.05, 3.63) is 70.7 Å². The molecule has 7 nitrogen and oxygen atoms in total. The lowest BCUT2D eigenvalue weighted by molar-refractivity contribution is 0.627. The van der Waals surface area contributed by atoms with Crippen LogP contribution in [0.25, 0.3) is 5.69 Å². The number of anilines is 2. The van der Waals surface area contributed by atoms with Crippen LogP contribution in [-0.4, -0.2) is 22.3 Å². The molecule has 5 N–H and O–H groups in total. The molecular formula is C22H25FIN7. The van der Waals surface area contributed by atoms with Crippen molar-refractivity contribution in [1.29, 1.82) is 5.26 Å². The maximum atomic E-state index is 13.2.